The van der Waals surface area contributed by atoms with Crippen LogP contribution in [0, 0.1) is 0 Å². The molecule has 3 unspecified atom stereocenters. The maximum absolute atomic E-state index is 11.8. The van der Waals surface area contributed by atoms with Gasteiger partial charge in [-0.2, -0.15) is 0 Å². The van der Waals surface area contributed by atoms with E-state index in [1.54, 1.807) is 0 Å². The molecule has 0 saturated heterocycles. The van der Waals surface area contributed by atoms with Gasteiger partial charge >= 0.3 is 23.9 Å². The summed E-state index contributed by atoms with van der Waals surface area (Å²) in [4.78, 5) is 51.1. The zero-order valence-corrected chi connectivity index (χ0v) is 12.1. The van der Waals surface area contributed by atoms with Gasteiger partial charge in [0, 0.05) is 18.3 Å². The van der Waals surface area contributed by atoms with Crippen LogP contribution in [0.4, 0.5) is 0 Å². The van der Waals surface area contributed by atoms with Crippen LogP contribution >= 0.6 is 0 Å². The fraction of sp³-hybridized carbons (Fsp3) is 0.417. The smallest absolute Gasteiger partial charge is 0.348 e. The molecule has 0 aliphatic heterocycles. The first-order valence-electron chi connectivity index (χ1n) is 6.41. The third-order valence-electron chi connectivity index (χ3n) is 2.98. The highest BCUT2D eigenvalue weighted by molar-refractivity contribution is 5.92. The number of hydrogen-bond donors (Lipinski definition) is 6. The number of aromatic nitrogens is 2. The summed E-state index contributed by atoms with van der Waals surface area (Å²) in [6.45, 7) is 0. The second kappa shape index (κ2) is 7.52. The molecule has 0 radical (unpaired) electrons. The molecule has 0 aliphatic carbocycles. The van der Waals surface area contributed by atoms with Gasteiger partial charge in [0.1, 0.15) is 6.04 Å². The van der Waals surface area contributed by atoms with Crippen molar-refractivity contribution in [1.82, 2.24) is 9.97 Å². The molecule has 3 atom stereocenters. The Kier molecular flexibility index (Phi) is 5.97. The molecule has 24 heavy (non-hydrogen) atoms. The number of carbonyl (C=O) groups excluding carboxylic acids is 1. The Morgan fingerprint density at radius 1 is 1.29 bits per heavy atom. The van der Waals surface area contributed by atoms with Gasteiger partial charge in [0.25, 0.3) is 0 Å². The second-order valence-electron chi connectivity index (χ2n) is 4.84. The van der Waals surface area contributed by atoms with Crippen LogP contribution in [0.25, 0.3) is 0 Å². The molecule has 1 heterocycles. The topological polar surface area (TPSA) is 213 Å². The Balaban J connectivity index is 2.94. The minimum absolute atomic E-state index is 0.129. The number of aromatic amines is 1. The number of imidazole rings is 1. The van der Waals surface area contributed by atoms with Crippen LogP contribution in [0.2, 0.25) is 0 Å². The maximum Gasteiger partial charge on any atom is 0.348 e. The van der Waals surface area contributed by atoms with Crippen molar-refractivity contribution >= 4 is 23.9 Å². The number of nitrogens with one attached hydrogen (secondary N) is 1. The zero-order chi connectivity index (χ0) is 18.5. The first kappa shape index (κ1) is 19.1. The number of esters is 1. The van der Waals surface area contributed by atoms with Crippen molar-refractivity contribution in [3.8, 4) is 0 Å². The summed E-state index contributed by atoms with van der Waals surface area (Å²) in [6.07, 6.45) is -1.63. The van der Waals surface area contributed by atoms with Crippen molar-refractivity contribution in [2.75, 3.05) is 0 Å². The van der Waals surface area contributed by atoms with Crippen molar-refractivity contribution in [3.63, 3.8) is 0 Å². The average molecular weight is 345 g/mol. The van der Waals surface area contributed by atoms with Crippen LogP contribution in [0.15, 0.2) is 12.5 Å². The average Bonchev–Trinajstić information content (AvgIpc) is 2.95. The van der Waals surface area contributed by atoms with Gasteiger partial charge < -0.3 is 35.9 Å². The van der Waals surface area contributed by atoms with E-state index in [1.807, 2.05) is 0 Å². The number of carbonyl (C=O) groups is 4. The molecule has 0 aliphatic rings. The number of ether oxygens (including phenoxy) is 1. The van der Waals surface area contributed by atoms with Crippen molar-refractivity contribution in [2.24, 2.45) is 5.73 Å². The number of aliphatic hydroxyl groups is 1. The molecule has 0 amide bonds. The van der Waals surface area contributed by atoms with E-state index in [2.05, 4.69) is 14.7 Å². The van der Waals surface area contributed by atoms with E-state index in [4.69, 9.17) is 21.1 Å². The monoisotopic (exact) mass is 345 g/mol. The van der Waals surface area contributed by atoms with E-state index in [0.29, 0.717) is 5.69 Å². The van der Waals surface area contributed by atoms with Gasteiger partial charge in [-0.05, 0) is 0 Å². The van der Waals surface area contributed by atoms with E-state index in [0.717, 1.165) is 0 Å². The van der Waals surface area contributed by atoms with Crippen LogP contribution in [0.3, 0.4) is 0 Å². The molecule has 1 rings (SSSR count). The molecule has 0 fully saturated rings. The number of aliphatic carboxylic acids is 3. The number of nitrogens with two attached hydrogens (primary N) is 1. The van der Waals surface area contributed by atoms with Crippen LogP contribution < -0.4 is 5.73 Å². The molecule has 0 saturated carbocycles. The summed E-state index contributed by atoms with van der Waals surface area (Å²) in [7, 11) is 0. The number of rotatable bonds is 9. The van der Waals surface area contributed by atoms with Gasteiger partial charge in [0.15, 0.2) is 0 Å². The quantitative estimate of drug-likeness (QED) is 0.259. The maximum atomic E-state index is 11.8. The third kappa shape index (κ3) is 4.50. The lowest BCUT2D eigenvalue weighted by Gasteiger charge is -2.28. The number of carboxylic acid groups (broad SMARTS) is 3. The number of carboxylic acids is 3. The molecule has 1 aromatic rings. The number of hydrogen-bond acceptors (Lipinski definition) is 8. The fourth-order valence-electron chi connectivity index (χ4n) is 1.78. The predicted octanol–water partition coefficient (Wildman–Crippen LogP) is -2.43. The molecule has 12 heteroatoms. The summed E-state index contributed by atoms with van der Waals surface area (Å²) in [6, 6.07) is -1.39. The van der Waals surface area contributed by atoms with E-state index in [-0.39, 0.29) is 6.42 Å². The molecule has 0 bridgehead atoms. The minimum Gasteiger partial charge on any atom is -0.481 e. The Morgan fingerprint density at radius 2 is 1.92 bits per heavy atom. The van der Waals surface area contributed by atoms with E-state index >= 15 is 0 Å². The molecular weight excluding hydrogens is 330 g/mol. The first-order chi connectivity index (χ1) is 11.1. The Hall–Kier alpha value is -2.99. The second-order valence-corrected chi connectivity index (χ2v) is 4.84. The lowest BCUT2D eigenvalue weighted by Crippen LogP contribution is -2.57. The van der Waals surface area contributed by atoms with Crippen molar-refractivity contribution < 1.29 is 44.3 Å². The standard InChI is InChI=1S/C12H15N3O9/c13-6(1-5-3-14-4-15-5)10(20)24-8(9(18)19)12(23,11(21)22)2-7(16)17/h3-4,6,8,23H,1-2,13H2,(H,14,15)(H,16,17)(H,18,19)(H,21,22). The Bertz CT molecular complexity index is 630. The summed E-state index contributed by atoms with van der Waals surface area (Å²) < 4.78 is 4.46. The molecule has 0 aromatic carbocycles. The lowest BCUT2D eigenvalue weighted by molar-refractivity contribution is -0.197. The molecular formula is C12H15N3O9. The highest BCUT2D eigenvalue weighted by Crippen LogP contribution is 2.21. The Morgan fingerprint density at radius 3 is 2.33 bits per heavy atom. The lowest BCUT2D eigenvalue weighted by atomic mass is 9.92. The summed E-state index contributed by atoms with van der Waals surface area (Å²) in [5.74, 6) is -7.35. The van der Waals surface area contributed by atoms with Crippen LogP contribution in [-0.2, 0) is 30.3 Å². The van der Waals surface area contributed by atoms with Crippen LogP contribution in [-0.4, -0.2) is 72.0 Å². The van der Waals surface area contributed by atoms with Gasteiger partial charge in [-0.1, -0.05) is 0 Å². The minimum atomic E-state index is -3.36. The zero-order valence-electron chi connectivity index (χ0n) is 12.1. The van der Waals surface area contributed by atoms with E-state index in [1.165, 1.54) is 12.5 Å². The summed E-state index contributed by atoms with van der Waals surface area (Å²) in [5, 5.41) is 36.5. The van der Waals surface area contributed by atoms with Gasteiger partial charge in [-0.3, -0.25) is 9.59 Å². The summed E-state index contributed by atoms with van der Waals surface area (Å²) in [5.41, 5.74) is 2.58. The SMILES string of the molecule is NC(Cc1cnc[nH]1)C(=O)OC(C(=O)O)C(O)(CC(=O)O)C(=O)O. The van der Waals surface area contributed by atoms with Crippen molar-refractivity contribution in [2.45, 2.75) is 30.6 Å². The van der Waals surface area contributed by atoms with E-state index < -0.39 is 48.0 Å². The molecule has 12 nitrogen and oxygen atoms in total. The van der Waals surface area contributed by atoms with Gasteiger partial charge in [0.2, 0.25) is 11.7 Å². The van der Waals surface area contributed by atoms with Gasteiger partial charge in [-0.25, -0.2) is 14.6 Å². The molecule has 7 N–H and O–H groups in total. The highest BCUT2D eigenvalue weighted by Gasteiger charge is 2.53. The van der Waals surface area contributed by atoms with Crippen LogP contribution in [0.5, 0.6) is 0 Å². The number of H-pyrrole nitrogens is 1. The first-order valence-corrected chi connectivity index (χ1v) is 6.41. The number of nitrogens with zero attached hydrogens (tertiary/aromatic N) is 1. The normalized spacial score (nSPS) is 15.8. The van der Waals surface area contributed by atoms with Crippen LogP contribution in [0.1, 0.15) is 12.1 Å². The molecule has 0 spiro atoms. The van der Waals surface area contributed by atoms with E-state index in [9.17, 15) is 24.3 Å². The highest BCUT2D eigenvalue weighted by atomic mass is 16.6. The van der Waals surface area contributed by atoms with Gasteiger partial charge in [-0.15, -0.1) is 0 Å². The Labute approximate surface area is 133 Å². The molecule has 1 aromatic heterocycles. The largest absolute Gasteiger partial charge is 0.481 e. The third-order valence-corrected chi connectivity index (χ3v) is 2.98. The fourth-order valence-corrected chi connectivity index (χ4v) is 1.78. The summed E-state index contributed by atoms with van der Waals surface area (Å²) >= 11 is 0. The van der Waals surface area contributed by atoms with Gasteiger partial charge in [0.05, 0.1) is 12.7 Å². The van der Waals surface area contributed by atoms with Crippen molar-refractivity contribution in [3.05, 3.63) is 18.2 Å². The predicted molar refractivity (Wildman–Crippen MR) is 72.6 cm³/mol. The van der Waals surface area contributed by atoms with Crippen molar-refractivity contribution in [1.29, 1.82) is 0 Å². The molecule has 132 valence electrons.